The lowest BCUT2D eigenvalue weighted by Gasteiger charge is -2.29. The van der Waals surface area contributed by atoms with E-state index in [0.29, 0.717) is 36.9 Å². The molecule has 1 aliphatic heterocycles. The zero-order chi connectivity index (χ0) is 20.1. The van der Waals surface area contributed by atoms with Crippen LogP contribution in [-0.2, 0) is 10.0 Å². The number of piperidine rings is 1. The summed E-state index contributed by atoms with van der Waals surface area (Å²) in [5.41, 5.74) is 1.05. The van der Waals surface area contributed by atoms with Crippen molar-refractivity contribution in [1.29, 1.82) is 0 Å². The summed E-state index contributed by atoms with van der Waals surface area (Å²) < 4.78 is 32.4. The Kier molecular flexibility index (Phi) is 6.36. The molecule has 0 radical (unpaired) electrons. The van der Waals surface area contributed by atoms with Crippen molar-refractivity contribution < 1.29 is 17.9 Å². The summed E-state index contributed by atoms with van der Waals surface area (Å²) in [5, 5.41) is 2.80. The van der Waals surface area contributed by atoms with Gasteiger partial charge in [-0.3, -0.25) is 4.79 Å². The zero-order valence-corrected chi connectivity index (χ0v) is 17.0. The van der Waals surface area contributed by atoms with Crippen molar-refractivity contribution in [3.63, 3.8) is 0 Å². The molecule has 7 heteroatoms. The van der Waals surface area contributed by atoms with Crippen LogP contribution in [0.15, 0.2) is 53.4 Å². The number of rotatable bonds is 6. The monoisotopic (exact) mass is 402 g/mol. The van der Waals surface area contributed by atoms with E-state index in [0.717, 1.165) is 18.6 Å². The first kappa shape index (κ1) is 20.4. The number of hydrogen-bond donors (Lipinski definition) is 1. The average Bonchev–Trinajstić information content (AvgIpc) is 2.70. The van der Waals surface area contributed by atoms with Crippen LogP contribution in [0.25, 0.3) is 0 Å². The lowest BCUT2D eigenvalue weighted by molar-refractivity contribution is 0.102. The van der Waals surface area contributed by atoms with E-state index in [9.17, 15) is 13.2 Å². The Balaban J connectivity index is 1.67. The summed E-state index contributed by atoms with van der Waals surface area (Å²) >= 11 is 0. The second-order valence-corrected chi connectivity index (χ2v) is 8.96. The van der Waals surface area contributed by atoms with Gasteiger partial charge in [0.15, 0.2) is 0 Å². The van der Waals surface area contributed by atoms with Crippen molar-refractivity contribution in [2.75, 3.05) is 25.0 Å². The molecule has 0 spiro atoms. The molecule has 6 nitrogen and oxygen atoms in total. The fourth-order valence-corrected chi connectivity index (χ4v) is 4.63. The summed E-state index contributed by atoms with van der Waals surface area (Å²) in [6.45, 7) is 5.72. The molecule has 0 unspecified atom stereocenters. The molecule has 3 rings (SSSR count). The van der Waals surface area contributed by atoms with Crippen LogP contribution >= 0.6 is 0 Å². The highest BCUT2D eigenvalue weighted by Crippen LogP contribution is 2.24. The lowest BCUT2D eigenvalue weighted by atomic mass is 10.0. The number of anilines is 1. The maximum absolute atomic E-state index is 12.8. The Morgan fingerprint density at radius 1 is 1.07 bits per heavy atom. The predicted molar refractivity (Wildman–Crippen MR) is 109 cm³/mol. The van der Waals surface area contributed by atoms with Crippen molar-refractivity contribution in [3.05, 3.63) is 54.1 Å². The number of carbonyl (C=O) groups is 1. The molecule has 0 saturated carbocycles. The number of hydrogen-bond acceptors (Lipinski definition) is 4. The highest BCUT2D eigenvalue weighted by atomic mass is 32.2. The van der Waals surface area contributed by atoms with Gasteiger partial charge < -0.3 is 10.1 Å². The van der Waals surface area contributed by atoms with Crippen molar-refractivity contribution in [1.82, 2.24) is 4.31 Å². The normalized spacial score (nSPS) is 15.9. The van der Waals surface area contributed by atoms with Gasteiger partial charge >= 0.3 is 0 Å². The van der Waals surface area contributed by atoms with E-state index in [1.165, 1.54) is 16.4 Å². The Morgan fingerprint density at radius 3 is 2.25 bits per heavy atom. The first-order valence-electron chi connectivity index (χ1n) is 9.54. The van der Waals surface area contributed by atoms with Gasteiger partial charge in [-0.2, -0.15) is 4.31 Å². The molecule has 0 aromatic heterocycles. The van der Waals surface area contributed by atoms with E-state index in [1.807, 2.05) is 6.92 Å². The molecule has 1 aliphatic rings. The third-order valence-corrected chi connectivity index (χ3v) is 6.83. The Bertz CT molecular complexity index is 900. The van der Waals surface area contributed by atoms with Crippen LogP contribution in [-0.4, -0.2) is 38.3 Å². The third-order valence-electron chi connectivity index (χ3n) is 4.92. The van der Waals surface area contributed by atoms with Crippen LogP contribution < -0.4 is 10.1 Å². The van der Waals surface area contributed by atoms with Gasteiger partial charge in [0.2, 0.25) is 10.0 Å². The van der Waals surface area contributed by atoms with Gasteiger partial charge in [-0.05, 0) is 74.2 Å². The van der Waals surface area contributed by atoms with E-state index < -0.39 is 10.0 Å². The molecule has 1 fully saturated rings. The second-order valence-electron chi connectivity index (χ2n) is 7.02. The molecular formula is C21H26N2O4S. The summed E-state index contributed by atoms with van der Waals surface area (Å²) in [7, 11) is -3.51. The minimum Gasteiger partial charge on any atom is -0.494 e. The lowest BCUT2D eigenvalue weighted by Crippen LogP contribution is -2.37. The van der Waals surface area contributed by atoms with Gasteiger partial charge in [-0.1, -0.05) is 6.92 Å². The molecule has 150 valence electrons. The Labute approximate surface area is 166 Å². The number of ether oxygens (including phenoxy) is 1. The van der Waals surface area contributed by atoms with E-state index in [4.69, 9.17) is 4.74 Å². The average molecular weight is 403 g/mol. The van der Waals surface area contributed by atoms with Crippen LogP contribution in [0.1, 0.15) is 37.0 Å². The first-order valence-corrected chi connectivity index (χ1v) is 11.0. The quantitative estimate of drug-likeness (QED) is 0.798. The molecule has 28 heavy (non-hydrogen) atoms. The van der Waals surface area contributed by atoms with Gasteiger partial charge in [0.1, 0.15) is 5.75 Å². The maximum atomic E-state index is 12.8. The number of carbonyl (C=O) groups excluding carboxylic acids is 1. The molecule has 0 aliphatic carbocycles. The summed E-state index contributed by atoms with van der Waals surface area (Å²) in [4.78, 5) is 12.6. The molecule has 0 atom stereocenters. The van der Waals surface area contributed by atoms with Gasteiger partial charge in [-0.15, -0.1) is 0 Å². The van der Waals surface area contributed by atoms with Crippen molar-refractivity contribution in [3.8, 4) is 5.75 Å². The molecule has 2 aromatic rings. The molecule has 1 N–H and O–H groups in total. The number of sulfonamides is 1. The summed E-state index contributed by atoms with van der Waals surface area (Å²) in [6, 6.07) is 13.2. The minimum atomic E-state index is -3.51. The smallest absolute Gasteiger partial charge is 0.255 e. The number of benzene rings is 2. The van der Waals surface area contributed by atoms with E-state index in [2.05, 4.69) is 12.2 Å². The topological polar surface area (TPSA) is 75.7 Å². The van der Waals surface area contributed by atoms with Gasteiger partial charge in [0, 0.05) is 24.3 Å². The van der Waals surface area contributed by atoms with E-state index in [-0.39, 0.29) is 10.8 Å². The molecule has 1 heterocycles. The largest absolute Gasteiger partial charge is 0.494 e. The van der Waals surface area contributed by atoms with Crippen LogP contribution in [0.2, 0.25) is 0 Å². The second kappa shape index (κ2) is 8.75. The minimum absolute atomic E-state index is 0.222. The summed E-state index contributed by atoms with van der Waals surface area (Å²) in [5.74, 6) is 1.00. The molecule has 2 aromatic carbocycles. The molecule has 1 saturated heterocycles. The highest BCUT2D eigenvalue weighted by Gasteiger charge is 2.28. The zero-order valence-electron chi connectivity index (χ0n) is 16.2. The third kappa shape index (κ3) is 4.72. The Morgan fingerprint density at radius 2 is 1.68 bits per heavy atom. The molecule has 0 bridgehead atoms. The van der Waals surface area contributed by atoms with Crippen LogP contribution in [0, 0.1) is 5.92 Å². The molecule has 1 amide bonds. The SMILES string of the molecule is CCOc1ccc(NC(=O)c2ccc(S(=O)(=O)N3CCC(C)CC3)cc2)cc1. The van der Waals surface area contributed by atoms with Gasteiger partial charge in [0.25, 0.3) is 5.91 Å². The predicted octanol–water partition coefficient (Wildman–Crippen LogP) is 3.76. The summed E-state index contributed by atoms with van der Waals surface area (Å²) in [6.07, 6.45) is 1.75. The van der Waals surface area contributed by atoms with Crippen LogP contribution in [0.4, 0.5) is 5.69 Å². The maximum Gasteiger partial charge on any atom is 0.255 e. The van der Waals surface area contributed by atoms with Crippen LogP contribution in [0.5, 0.6) is 5.75 Å². The number of amides is 1. The highest BCUT2D eigenvalue weighted by molar-refractivity contribution is 7.89. The fraction of sp³-hybridized carbons (Fsp3) is 0.381. The van der Waals surface area contributed by atoms with Gasteiger partial charge in [-0.25, -0.2) is 8.42 Å². The van der Waals surface area contributed by atoms with Gasteiger partial charge in [0.05, 0.1) is 11.5 Å². The molecular weight excluding hydrogens is 376 g/mol. The fourth-order valence-electron chi connectivity index (χ4n) is 3.16. The van der Waals surface area contributed by atoms with Crippen molar-refractivity contribution in [2.45, 2.75) is 31.6 Å². The number of nitrogens with zero attached hydrogens (tertiary/aromatic N) is 1. The number of nitrogens with one attached hydrogen (secondary N) is 1. The van der Waals surface area contributed by atoms with Crippen LogP contribution in [0.3, 0.4) is 0 Å². The van der Waals surface area contributed by atoms with E-state index in [1.54, 1.807) is 36.4 Å². The van der Waals surface area contributed by atoms with Crippen molar-refractivity contribution >= 4 is 21.6 Å². The van der Waals surface area contributed by atoms with E-state index >= 15 is 0 Å². The van der Waals surface area contributed by atoms with Crippen molar-refractivity contribution in [2.24, 2.45) is 5.92 Å². The first-order chi connectivity index (χ1) is 13.4. The Hall–Kier alpha value is -2.38. The standard InChI is InChI=1S/C21H26N2O4S/c1-3-27-19-8-6-18(7-9-19)22-21(24)17-4-10-20(11-5-17)28(25,26)23-14-12-16(2)13-15-23/h4-11,16H,3,12-15H2,1-2H3,(H,22,24).